The van der Waals surface area contributed by atoms with Gasteiger partial charge in [-0.2, -0.15) is 18.3 Å². The number of fused-ring (bicyclic) bond motifs is 3. The number of hydrogen-bond acceptors (Lipinski definition) is 7. The molecule has 0 amide bonds. The number of aromatic amines is 1. The lowest BCUT2D eigenvalue weighted by atomic mass is 9.91. The third kappa shape index (κ3) is 4.13. The van der Waals surface area contributed by atoms with Gasteiger partial charge in [0.2, 0.25) is 5.95 Å². The van der Waals surface area contributed by atoms with Crippen LogP contribution in [-0.4, -0.2) is 54.5 Å². The topological polar surface area (TPSA) is 105 Å². The fourth-order valence-electron chi connectivity index (χ4n) is 4.20. The Morgan fingerprint density at radius 3 is 2.79 bits per heavy atom. The van der Waals surface area contributed by atoms with Crippen LogP contribution in [0.3, 0.4) is 0 Å². The Morgan fingerprint density at radius 1 is 1.26 bits per heavy atom. The molecule has 1 aliphatic rings. The summed E-state index contributed by atoms with van der Waals surface area (Å²) in [6.07, 6.45) is -0.399. The molecular formula is C22H25F3N8O. The minimum atomic E-state index is -4.65. The molecule has 0 aromatic carbocycles. The van der Waals surface area contributed by atoms with Crippen LogP contribution in [0.25, 0.3) is 27.9 Å². The number of nitrogens with zero attached hydrogens (tertiary/aromatic N) is 5. The number of alkyl halides is 3. The van der Waals surface area contributed by atoms with Gasteiger partial charge >= 0.3 is 6.18 Å². The van der Waals surface area contributed by atoms with Crippen molar-refractivity contribution in [1.82, 2.24) is 35.1 Å². The molecule has 0 aliphatic carbocycles. The van der Waals surface area contributed by atoms with Crippen LogP contribution in [0.4, 0.5) is 19.1 Å². The van der Waals surface area contributed by atoms with Crippen LogP contribution < -0.4 is 15.4 Å². The number of nitrogens with one attached hydrogen (secondary N) is 3. The Balaban J connectivity index is 1.57. The Morgan fingerprint density at radius 2 is 2.09 bits per heavy atom. The predicted molar refractivity (Wildman–Crippen MR) is 121 cm³/mol. The molecular weight excluding hydrogens is 449 g/mol. The zero-order valence-corrected chi connectivity index (χ0v) is 19.0. The number of piperidine rings is 1. The lowest BCUT2D eigenvalue weighted by Gasteiger charge is -2.36. The summed E-state index contributed by atoms with van der Waals surface area (Å²) in [6.45, 7) is 7.24. The summed E-state index contributed by atoms with van der Waals surface area (Å²) < 4.78 is 48.8. The molecule has 180 valence electrons. The number of H-pyrrole nitrogens is 1. The Labute approximate surface area is 193 Å². The first-order chi connectivity index (χ1) is 16.1. The second-order valence-corrected chi connectivity index (χ2v) is 9.02. The molecule has 34 heavy (non-hydrogen) atoms. The van der Waals surface area contributed by atoms with Gasteiger partial charge in [-0.05, 0) is 45.7 Å². The first kappa shape index (κ1) is 22.4. The molecule has 0 spiro atoms. The molecule has 0 radical (unpaired) electrons. The minimum Gasteiger partial charge on any atom is -0.492 e. The van der Waals surface area contributed by atoms with E-state index in [1.807, 2.05) is 6.92 Å². The summed E-state index contributed by atoms with van der Waals surface area (Å²) in [7, 11) is 0. The first-order valence-corrected chi connectivity index (χ1v) is 11.1. The normalized spacial score (nSPS) is 18.5. The fourth-order valence-corrected chi connectivity index (χ4v) is 4.20. The fraction of sp³-hybridized carbons (Fsp3) is 0.455. The largest absolute Gasteiger partial charge is 0.492 e. The third-order valence-electron chi connectivity index (χ3n) is 6.02. The van der Waals surface area contributed by atoms with Crippen LogP contribution in [0.1, 0.15) is 39.2 Å². The van der Waals surface area contributed by atoms with Gasteiger partial charge in [0.1, 0.15) is 22.7 Å². The lowest BCUT2D eigenvalue weighted by molar-refractivity contribution is -0.137. The van der Waals surface area contributed by atoms with E-state index in [0.717, 1.165) is 19.0 Å². The summed E-state index contributed by atoms with van der Waals surface area (Å²) in [6, 6.07) is 3.49. The predicted octanol–water partition coefficient (Wildman–Crippen LogP) is 4.03. The molecule has 1 atom stereocenters. The minimum absolute atomic E-state index is 0.00535. The molecule has 3 N–H and O–H groups in total. The molecule has 1 saturated heterocycles. The van der Waals surface area contributed by atoms with Crippen molar-refractivity contribution in [2.45, 2.75) is 51.4 Å². The Hall–Kier alpha value is -3.41. The van der Waals surface area contributed by atoms with Crippen LogP contribution >= 0.6 is 0 Å². The van der Waals surface area contributed by atoms with Crippen molar-refractivity contribution in [2.75, 3.05) is 18.5 Å². The van der Waals surface area contributed by atoms with E-state index in [1.165, 1.54) is 0 Å². The average Bonchev–Trinajstić information content (AvgIpc) is 3.33. The Kier molecular flexibility index (Phi) is 5.34. The molecule has 4 aromatic heterocycles. The van der Waals surface area contributed by atoms with Crippen LogP contribution in [-0.2, 0) is 6.18 Å². The van der Waals surface area contributed by atoms with Gasteiger partial charge in [-0.3, -0.25) is 5.10 Å². The SMILES string of the molecule is CCOc1ccc2c3c(-c4nc(N[C@H]5CCC(C)(C)NC5)ncc4C(F)(F)F)n[nH]c3nn2c1. The summed E-state index contributed by atoms with van der Waals surface area (Å²) in [4.78, 5) is 8.24. The number of pyridine rings is 1. The van der Waals surface area contributed by atoms with E-state index in [2.05, 4.69) is 49.7 Å². The summed E-state index contributed by atoms with van der Waals surface area (Å²) in [5.74, 6) is 0.726. The zero-order chi connectivity index (χ0) is 24.1. The molecule has 12 heteroatoms. The van der Waals surface area contributed by atoms with Gasteiger partial charge in [0.05, 0.1) is 23.7 Å². The van der Waals surface area contributed by atoms with Gasteiger partial charge in [0.25, 0.3) is 0 Å². The smallest absolute Gasteiger partial charge is 0.420 e. The van der Waals surface area contributed by atoms with Crippen LogP contribution in [0.5, 0.6) is 5.75 Å². The van der Waals surface area contributed by atoms with E-state index in [1.54, 1.807) is 22.8 Å². The highest BCUT2D eigenvalue weighted by Crippen LogP contribution is 2.39. The average molecular weight is 474 g/mol. The van der Waals surface area contributed by atoms with Crippen LogP contribution in [0, 0.1) is 0 Å². The molecule has 0 unspecified atom stereocenters. The molecule has 5 heterocycles. The van der Waals surface area contributed by atoms with E-state index in [9.17, 15) is 13.2 Å². The van der Waals surface area contributed by atoms with Gasteiger partial charge in [-0.1, -0.05) is 0 Å². The second-order valence-electron chi connectivity index (χ2n) is 9.02. The number of anilines is 1. The Bertz CT molecular complexity index is 1330. The van der Waals surface area contributed by atoms with Crippen molar-refractivity contribution in [2.24, 2.45) is 0 Å². The lowest BCUT2D eigenvalue weighted by Crippen LogP contribution is -2.50. The number of halogens is 3. The van der Waals surface area contributed by atoms with E-state index in [4.69, 9.17) is 4.74 Å². The maximum atomic E-state index is 13.9. The van der Waals surface area contributed by atoms with Crippen LogP contribution in [0.15, 0.2) is 24.5 Å². The quantitative estimate of drug-likeness (QED) is 0.401. The van der Waals surface area contributed by atoms with Crippen LogP contribution in [0.2, 0.25) is 0 Å². The van der Waals surface area contributed by atoms with Crippen molar-refractivity contribution in [3.05, 3.63) is 30.1 Å². The summed E-state index contributed by atoms with van der Waals surface area (Å²) >= 11 is 0. The third-order valence-corrected chi connectivity index (χ3v) is 6.02. The molecule has 5 rings (SSSR count). The highest BCUT2D eigenvalue weighted by atomic mass is 19.4. The van der Waals surface area contributed by atoms with Crippen molar-refractivity contribution >= 4 is 22.5 Å². The highest BCUT2D eigenvalue weighted by molar-refractivity contribution is 6.02. The van der Waals surface area contributed by atoms with Gasteiger partial charge in [-0.15, -0.1) is 5.10 Å². The molecule has 0 bridgehead atoms. The van der Waals surface area contributed by atoms with Crippen molar-refractivity contribution in [1.29, 1.82) is 0 Å². The van der Waals surface area contributed by atoms with E-state index < -0.39 is 11.7 Å². The van der Waals surface area contributed by atoms with Gasteiger partial charge in [-0.25, -0.2) is 14.5 Å². The molecule has 4 aromatic rings. The van der Waals surface area contributed by atoms with Crippen molar-refractivity contribution in [3.8, 4) is 17.1 Å². The maximum Gasteiger partial charge on any atom is 0.420 e. The second kappa shape index (κ2) is 8.12. The number of ether oxygens (including phenoxy) is 1. The maximum absolute atomic E-state index is 13.9. The summed E-state index contributed by atoms with van der Waals surface area (Å²) in [5, 5.41) is 18.3. The van der Waals surface area contributed by atoms with Crippen molar-refractivity contribution < 1.29 is 17.9 Å². The number of rotatable bonds is 5. The molecule has 9 nitrogen and oxygen atoms in total. The summed E-state index contributed by atoms with van der Waals surface area (Å²) in [5.41, 5.74) is -0.236. The number of hydrogen-bond donors (Lipinski definition) is 3. The van der Waals surface area contributed by atoms with E-state index in [-0.39, 0.29) is 28.9 Å². The van der Waals surface area contributed by atoms with Crippen molar-refractivity contribution in [3.63, 3.8) is 0 Å². The molecule has 0 saturated carbocycles. The van der Waals surface area contributed by atoms with E-state index in [0.29, 0.717) is 35.5 Å². The standard InChI is InChI=1S/C22H25F3N8O/c1-4-34-13-5-6-15-16-18(30-31-19(16)32-33(15)11-13)17-14(22(23,24)25)10-26-20(29-17)28-12-7-8-21(2,3)27-9-12/h5-6,10-12,27H,4,7-9H2,1-3H3,(H,31,32)(H,26,28,29)/t12-/m0/s1. The monoisotopic (exact) mass is 474 g/mol. The molecule has 1 aliphatic heterocycles. The van der Waals surface area contributed by atoms with Gasteiger partial charge in [0.15, 0.2) is 5.65 Å². The number of aromatic nitrogens is 6. The highest BCUT2D eigenvalue weighted by Gasteiger charge is 2.37. The first-order valence-electron chi connectivity index (χ1n) is 11.1. The molecule has 1 fully saturated rings. The van der Waals surface area contributed by atoms with Gasteiger partial charge in [0, 0.05) is 24.3 Å². The van der Waals surface area contributed by atoms with E-state index >= 15 is 0 Å². The zero-order valence-electron chi connectivity index (χ0n) is 19.0. The van der Waals surface area contributed by atoms with Gasteiger partial charge < -0.3 is 15.4 Å².